The third-order valence-electron chi connectivity index (χ3n) is 4.70. The molecule has 2 heterocycles. The predicted molar refractivity (Wildman–Crippen MR) is 91.3 cm³/mol. The van der Waals surface area contributed by atoms with E-state index in [1.165, 1.54) is 0 Å². The lowest BCUT2D eigenvalue weighted by Gasteiger charge is -2.24. The van der Waals surface area contributed by atoms with Gasteiger partial charge in [-0.1, -0.05) is 6.07 Å². The molecule has 0 aromatic heterocycles. The van der Waals surface area contributed by atoms with Gasteiger partial charge in [-0.3, -0.25) is 14.4 Å². The van der Waals surface area contributed by atoms with Crippen LogP contribution in [0, 0.1) is 0 Å². The van der Waals surface area contributed by atoms with Crippen LogP contribution in [0.2, 0.25) is 0 Å². The van der Waals surface area contributed by atoms with E-state index in [0.29, 0.717) is 50.3 Å². The van der Waals surface area contributed by atoms with Crippen LogP contribution in [-0.4, -0.2) is 66.9 Å². The van der Waals surface area contributed by atoms with E-state index in [4.69, 9.17) is 4.74 Å². The Balaban J connectivity index is 1.62. The number of benzene rings is 1. The Morgan fingerprint density at radius 2 is 1.92 bits per heavy atom. The molecule has 1 aromatic carbocycles. The minimum atomic E-state index is -0.409. The zero-order chi connectivity index (χ0) is 17.8. The van der Waals surface area contributed by atoms with Crippen LogP contribution < -0.4 is 10.1 Å². The molecule has 0 saturated carbocycles. The maximum atomic E-state index is 12.7. The summed E-state index contributed by atoms with van der Waals surface area (Å²) in [5, 5.41) is 2.72. The molecule has 1 unspecified atom stereocenters. The average molecular weight is 345 g/mol. The number of amides is 3. The van der Waals surface area contributed by atoms with E-state index < -0.39 is 6.04 Å². The smallest absolute Gasteiger partial charge is 0.254 e. The number of ether oxygens (including phenoxy) is 1. The number of hydrogen-bond donors (Lipinski definition) is 1. The number of carbonyl (C=O) groups is 3. The fourth-order valence-corrected chi connectivity index (χ4v) is 3.30. The van der Waals surface area contributed by atoms with Crippen LogP contribution in [0.15, 0.2) is 24.3 Å². The van der Waals surface area contributed by atoms with Gasteiger partial charge in [0.1, 0.15) is 11.8 Å². The number of hydrogen-bond acceptors (Lipinski definition) is 4. The van der Waals surface area contributed by atoms with E-state index in [-0.39, 0.29) is 17.7 Å². The molecular formula is C18H23N3O4. The van der Waals surface area contributed by atoms with Crippen molar-refractivity contribution in [2.75, 3.05) is 33.3 Å². The van der Waals surface area contributed by atoms with Gasteiger partial charge < -0.3 is 19.9 Å². The van der Waals surface area contributed by atoms with E-state index in [2.05, 4.69) is 5.32 Å². The fraction of sp³-hybridized carbons (Fsp3) is 0.500. The molecule has 3 rings (SSSR count). The second-order valence-electron chi connectivity index (χ2n) is 6.36. The van der Waals surface area contributed by atoms with Crippen LogP contribution >= 0.6 is 0 Å². The summed E-state index contributed by atoms with van der Waals surface area (Å²) in [6.07, 6.45) is 1.69. The average Bonchev–Trinajstić information content (AvgIpc) is 2.93. The SMILES string of the molecule is COc1cccc(C(=O)N2CCCN(C(=O)C3CCC(=O)N3)CC2)c1. The highest BCUT2D eigenvalue weighted by atomic mass is 16.5. The van der Waals surface area contributed by atoms with Gasteiger partial charge in [-0.15, -0.1) is 0 Å². The Morgan fingerprint density at radius 1 is 1.16 bits per heavy atom. The summed E-state index contributed by atoms with van der Waals surface area (Å²) in [6, 6.07) is 6.68. The Labute approximate surface area is 146 Å². The number of nitrogens with zero attached hydrogens (tertiary/aromatic N) is 2. The molecule has 0 spiro atoms. The van der Waals surface area contributed by atoms with Crippen molar-refractivity contribution in [3.05, 3.63) is 29.8 Å². The van der Waals surface area contributed by atoms with Gasteiger partial charge in [0, 0.05) is 38.2 Å². The molecule has 1 atom stereocenters. The van der Waals surface area contributed by atoms with Gasteiger partial charge in [-0.2, -0.15) is 0 Å². The van der Waals surface area contributed by atoms with Crippen molar-refractivity contribution < 1.29 is 19.1 Å². The lowest BCUT2D eigenvalue weighted by atomic mass is 10.2. The third-order valence-corrected chi connectivity index (χ3v) is 4.70. The number of rotatable bonds is 3. The number of nitrogens with one attached hydrogen (secondary N) is 1. The summed E-state index contributed by atoms with van der Waals surface area (Å²) in [7, 11) is 1.57. The van der Waals surface area contributed by atoms with Crippen LogP contribution in [0.5, 0.6) is 5.75 Å². The van der Waals surface area contributed by atoms with Gasteiger partial charge >= 0.3 is 0 Å². The van der Waals surface area contributed by atoms with E-state index in [1.807, 2.05) is 0 Å². The molecule has 1 N–H and O–H groups in total. The van der Waals surface area contributed by atoms with Crippen molar-refractivity contribution in [1.29, 1.82) is 0 Å². The third kappa shape index (κ3) is 3.92. The minimum Gasteiger partial charge on any atom is -0.497 e. The van der Waals surface area contributed by atoms with E-state index in [9.17, 15) is 14.4 Å². The van der Waals surface area contributed by atoms with Gasteiger partial charge in [-0.05, 0) is 31.0 Å². The minimum absolute atomic E-state index is 0.0403. The number of carbonyl (C=O) groups excluding carboxylic acids is 3. The van der Waals surface area contributed by atoms with Crippen molar-refractivity contribution in [3.8, 4) is 5.75 Å². The van der Waals surface area contributed by atoms with Crippen molar-refractivity contribution in [2.24, 2.45) is 0 Å². The van der Waals surface area contributed by atoms with Crippen LogP contribution in [0.3, 0.4) is 0 Å². The molecule has 0 aliphatic carbocycles. The first-order chi connectivity index (χ1) is 12.1. The summed E-state index contributed by atoms with van der Waals surface area (Å²) in [5.41, 5.74) is 0.585. The normalized spacial score (nSPS) is 20.8. The highest BCUT2D eigenvalue weighted by Gasteiger charge is 2.32. The van der Waals surface area contributed by atoms with Crippen molar-refractivity contribution in [2.45, 2.75) is 25.3 Å². The molecular weight excluding hydrogens is 322 g/mol. The largest absolute Gasteiger partial charge is 0.497 e. The Bertz CT molecular complexity index is 676. The fourth-order valence-electron chi connectivity index (χ4n) is 3.30. The molecule has 0 radical (unpaired) electrons. The van der Waals surface area contributed by atoms with Gasteiger partial charge in [0.15, 0.2) is 0 Å². The quantitative estimate of drug-likeness (QED) is 0.872. The van der Waals surface area contributed by atoms with Crippen LogP contribution in [0.4, 0.5) is 0 Å². The molecule has 3 amide bonds. The lowest BCUT2D eigenvalue weighted by molar-refractivity contribution is -0.134. The van der Waals surface area contributed by atoms with Crippen molar-refractivity contribution in [3.63, 3.8) is 0 Å². The van der Waals surface area contributed by atoms with Gasteiger partial charge in [-0.25, -0.2) is 0 Å². The second kappa shape index (κ2) is 7.55. The standard InChI is InChI=1S/C18H23N3O4/c1-25-14-5-2-4-13(12-14)17(23)20-8-3-9-21(11-10-20)18(24)15-6-7-16(22)19-15/h2,4-5,12,15H,3,6-11H2,1H3,(H,19,22). The summed E-state index contributed by atoms with van der Waals surface area (Å²) < 4.78 is 5.17. The topological polar surface area (TPSA) is 79.0 Å². The molecule has 2 aliphatic rings. The van der Waals surface area contributed by atoms with E-state index >= 15 is 0 Å². The molecule has 2 aliphatic heterocycles. The highest BCUT2D eigenvalue weighted by Crippen LogP contribution is 2.17. The molecule has 2 saturated heterocycles. The highest BCUT2D eigenvalue weighted by molar-refractivity contribution is 5.95. The van der Waals surface area contributed by atoms with Gasteiger partial charge in [0.2, 0.25) is 11.8 Å². The van der Waals surface area contributed by atoms with E-state index in [0.717, 1.165) is 6.42 Å². The summed E-state index contributed by atoms with van der Waals surface area (Å²) >= 11 is 0. The first-order valence-corrected chi connectivity index (χ1v) is 8.60. The Hall–Kier alpha value is -2.57. The molecule has 25 heavy (non-hydrogen) atoms. The zero-order valence-corrected chi connectivity index (χ0v) is 14.4. The summed E-state index contributed by atoms with van der Waals surface area (Å²) in [4.78, 5) is 40.1. The van der Waals surface area contributed by atoms with Crippen LogP contribution in [0.25, 0.3) is 0 Å². The predicted octanol–water partition coefficient (Wildman–Crippen LogP) is 0.648. The summed E-state index contributed by atoms with van der Waals surface area (Å²) in [5.74, 6) is 0.487. The summed E-state index contributed by atoms with van der Waals surface area (Å²) in [6.45, 7) is 2.19. The Morgan fingerprint density at radius 3 is 2.64 bits per heavy atom. The first kappa shape index (κ1) is 17.3. The molecule has 134 valence electrons. The monoisotopic (exact) mass is 345 g/mol. The van der Waals surface area contributed by atoms with Crippen LogP contribution in [0.1, 0.15) is 29.6 Å². The van der Waals surface area contributed by atoms with Crippen molar-refractivity contribution in [1.82, 2.24) is 15.1 Å². The second-order valence-corrected chi connectivity index (χ2v) is 6.36. The maximum Gasteiger partial charge on any atom is 0.254 e. The first-order valence-electron chi connectivity index (χ1n) is 8.60. The molecule has 0 bridgehead atoms. The maximum absolute atomic E-state index is 12.7. The van der Waals surface area contributed by atoms with Gasteiger partial charge in [0.05, 0.1) is 7.11 Å². The van der Waals surface area contributed by atoms with Crippen molar-refractivity contribution >= 4 is 17.7 Å². The van der Waals surface area contributed by atoms with Gasteiger partial charge in [0.25, 0.3) is 5.91 Å². The lowest BCUT2D eigenvalue weighted by Crippen LogP contribution is -2.46. The molecule has 7 nitrogen and oxygen atoms in total. The zero-order valence-electron chi connectivity index (χ0n) is 14.4. The molecule has 7 heteroatoms. The Kier molecular flexibility index (Phi) is 5.21. The molecule has 2 fully saturated rings. The number of methoxy groups -OCH3 is 1. The van der Waals surface area contributed by atoms with E-state index in [1.54, 1.807) is 41.2 Å². The van der Waals surface area contributed by atoms with Crippen LogP contribution in [-0.2, 0) is 9.59 Å². The molecule has 1 aromatic rings.